The van der Waals surface area contributed by atoms with Crippen LogP contribution < -0.4 is 11.1 Å². The minimum Gasteiger partial charge on any atom is -0.397 e. The van der Waals surface area contributed by atoms with Crippen molar-refractivity contribution in [2.75, 3.05) is 12.3 Å². The van der Waals surface area contributed by atoms with Crippen molar-refractivity contribution in [2.24, 2.45) is 0 Å². The van der Waals surface area contributed by atoms with Gasteiger partial charge >= 0.3 is 0 Å². The SMILES string of the molecule is C=CCCNC(=O)c1sc2nc(C)ccc2c1N. The summed E-state index contributed by atoms with van der Waals surface area (Å²) >= 11 is 1.33. The van der Waals surface area contributed by atoms with E-state index in [9.17, 15) is 4.79 Å². The Kier molecular flexibility index (Phi) is 3.62. The molecular weight excluding hydrogens is 246 g/mol. The van der Waals surface area contributed by atoms with Gasteiger partial charge in [0.25, 0.3) is 5.91 Å². The molecular formula is C13H15N3OS. The van der Waals surface area contributed by atoms with E-state index in [1.54, 1.807) is 6.08 Å². The second-order valence-electron chi connectivity index (χ2n) is 3.98. The highest BCUT2D eigenvalue weighted by Gasteiger charge is 2.16. The molecule has 0 saturated carbocycles. The normalized spacial score (nSPS) is 10.5. The molecule has 18 heavy (non-hydrogen) atoms. The number of nitrogens with one attached hydrogen (secondary N) is 1. The molecule has 5 heteroatoms. The van der Waals surface area contributed by atoms with Crippen LogP contribution in [-0.4, -0.2) is 17.4 Å². The van der Waals surface area contributed by atoms with Gasteiger partial charge in [-0.25, -0.2) is 4.98 Å². The van der Waals surface area contributed by atoms with Crippen LogP contribution in [0.25, 0.3) is 10.2 Å². The number of pyridine rings is 1. The average molecular weight is 261 g/mol. The number of nitrogen functional groups attached to an aromatic ring is 1. The standard InChI is InChI=1S/C13H15N3OS/c1-3-4-7-15-12(17)11-10(14)9-6-5-8(2)16-13(9)18-11/h3,5-6H,1,4,7,14H2,2H3,(H,15,17). The van der Waals surface area contributed by atoms with Crippen molar-refractivity contribution >= 4 is 33.1 Å². The van der Waals surface area contributed by atoms with Crippen LogP contribution in [0.1, 0.15) is 21.8 Å². The summed E-state index contributed by atoms with van der Waals surface area (Å²) in [5.41, 5.74) is 7.42. The number of rotatable bonds is 4. The number of nitrogens with two attached hydrogens (primary N) is 1. The van der Waals surface area contributed by atoms with Crippen LogP contribution in [0.3, 0.4) is 0 Å². The summed E-state index contributed by atoms with van der Waals surface area (Å²) in [6, 6.07) is 3.80. The molecule has 2 aromatic rings. The maximum absolute atomic E-state index is 12.0. The Labute approximate surface area is 110 Å². The van der Waals surface area contributed by atoms with E-state index in [1.807, 2.05) is 19.1 Å². The second kappa shape index (κ2) is 5.18. The fourth-order valence-corrected chi connectivity index (χ4v) is 2.68. The number of fused-ring (bicyclic) bond motifs is 1. The molecule has 0 unspecified atom stereocenters. The highest BCUT2D eigenvalue weighted by atomic mass is 32.1. The molecule has 0 atom stereocenters. The number of aromatic nitrogens is 1. The molecule has 3 N–H and O–H groups in total. The van der Waals surface area contributed by atoms with Crippen molar-refractivity contribution in [3.05, 3.63) is 35.4 Å². The Morgan fingerprint density at radius 3 is 3.11 bits per heavy atom. The van der Waals surface area contributed by atoms with Crippen LogP contribution in [-0.2, 0) is 0 Å². The topological polar surface area (TPSA) is 68.0 Å². The number of hydrogen-bond donors (Lipinski definition) is 2. The number of aryl methyl sites for hydroxylation is 1. The number of carbonyl (C=O) groups is 1. The lowest BCUT2D eigenvalue weighted by Crippen LogP contribution is -2.23. The van der Waals surface area contributed by atoms with Gasteiger partial charge in [0.2, 0.25) is 0 Å². The Balaban J connectivity index is 2.30. The summed E-state index contributed by atoms with van der Waals surface area (Å²) in [6.07, 6.45) is 2.51. The van der Waals surface area contributed by atoms with Crippen LogP contribution in [0.5, 0.6) is 0 Å². The maximum atomic E-state index is 12.0. The third-order valence-electron chi connectivity index (χ3n) is 2.57. The first-order valence-corrected chi connectivity index (χ1v) is 6.50. The molecule has 1 amide bonds. The highest BCUT2D eigenvalue weighted by Crippen LogP contribution is 2.32. The first kappa shape index (κ1) is 12.6. The van der Waals surface area contributed by atoms with Crippen LogP contribution in [0.4, 0.5) is 5.69 Å². The van der Waals surface area contributed by atoms with Crippen LogP contribution in [0, 0.1) is 6.92 Å². The number of thiophene rings is 1. The zero-order valence-electron chi connectivity index (χ0n) is 10.2. The van der Waals surface area contributed by atoms with Crippen molar-refractivity contribution in [1.29, 1.82) is 0 Å². The summed E-state index contributed by atoms with van der Waals surface area (Å²) in [7, 11) is 0. The van der Waals surface area contributed by atoms with Gasteiger partial charge in [0.1, 0.15) is 9.71 Å². The Bertz CT molecular complexity index is 604. The van der Waals surface area contributed by atoms with E-state index in [0.29, 0.717) is 17.1 Å². The fourth-order valence-electron chi connectivity index (χ4n) is 1.63. The third-order valence-corrected chi connectivity index (χ3v) is 3.69. The molecule has 0 aliphatic heterocycles. The molecule has 0 radical (unpaired) electrons. The number of nitrogens with zero attached hydrogens (tertiary/aromatic N) is 1. The summed E-state index contributed by atoms with van der Waals surface area (Å²) in [5.74, 6) is -0.144. The lowest BCUT2D eigenvalue weighted by atomic mass is 10.2. The molecule has 0 aliphatic carbocycles. The van der Waals surface area contributed by atoms with E-state index in [2.05, 4.69) is 16.9 Å². The second-order valence-corrected chi connectivity index (χ2v) is 4.98. The summed E-state index contributed by atoms with van der Waals surface area (Å²) in [5, 5.41) is 3.66. The predicted octanol–water partition coefficient (Wildman–Crippen LogP) is 2.49. The quantitative estimate of drug-likeness (QED) is 0.656. The molecule has 0 spiro atoms. The van der Waals surface area contributed by atoms with E-state index in [4.69, 9.17) is 5.73 Å². The molecule has 94 valence electrons. The van der Waals surface area contributed by atoms with Gasteiger partial charge in [0.15, 0.2) is 0 Å². The Hall–Kier alpha value is -1.88. The average Bonchev–Trinajstić information content (AvgIpc) is 2.66. The van der Waals surface area contributed by atoms with Crippen LogP contribution >= 0.6 is 11.3 Å². The van der Waals surface area contributed by atoms with Gasteiger partial charge < -0.3 is 11.1 Å². The van der Waals surface area contributed by atoms with Gasteiger partial charge in [-0.05, 0) is 25.5 Å². The van der Waals surface area contributed by atoms with Crippen molar-refractivity contribution in [3.63, 3.8) is 0 Å². The third kappa shape index (κ3) is 2.36. The zero-order chi connectivity index (χ0) is 13.1. The van der Waals surface area contributed by atoms with Gasteiger partial charge in [-0.1, -0.05) is 6.08 Å². The predicted molar refractivity (Wildman–Crippen MR) is 75.9 cm³/mol. The molecule has 4 nitrogen and oxygen atoms in total. The molecule has 0 aliphatic rings. The van der Waals surface area contributed by atoms with Crippen molar-refractivity contribution < 1.29 is 4.79 Å². The summed E-state index contributed by atoms with van der Waals surface area (Å²) in [6.45, 7) is 6.10. The van der Waals surface area contributed by atoms with Crippen LogP contribution in [0.15, 0.2) is 24.8 Å². The molecule has 2 aromatic heterocycles. The minimum atomic E-state index is -0.144. The Morgan fingerprint density at radius 1 is 1.61 bits per heavy atom. The van der Waals surface area contributed by atoms with Crippen molar-refractivity contribution in [1.82, 2.24) is 10.3 Å². The minimum absolute atomic E-state index is 0.144. The number of anilines is 1. The van der Waals surface area contributed by atoms with Gasteiger partial charge in [0, 0.05) is 17.6 Å². The molecule has 2 heterocycles. The largest absolute Gasteiger partial charge is 0.397 e. The van der Waals surface area contributed by atoms with Gasteiger partial charge in [-0.15, -0.1) is 17.9 Å². The van der Waals surface area contributed by atoms with Crippen LogP contribution in [0.2, 0.25) is 0 Å². The zero-order valence-corrected chi connectivity index (χ0v) is 11.0. The molecule has 2 rings (SSSR count). The van der Waals surface area contributed by atoms with Crippen molar-refractivity contribution in [3.8, 4) is 0 Å². The lowest BCUT2D eigenvalue weighted by molar-refractivity contribution is 0.0959. The monoisotopic (exact) mass is 261 g/mol. The first-order valence-electron chi connectivity index (χ1n) is 5.68. The van der Waals surface area contributed by atoms with E-state index in [0.717, 1.165) is 22.3 Å². The highest BCUT2D eigenvalue weighted by molar-refractivity contribution is 7.21. The number of hydrogen-bond acceptors (Lipinski definition) is 4. The van der Waals surface area contributed by atoms with E-state index in [1.165, 1.54) is 11.3 Å². The van der Waals surface area contributed by atoms with Gasteiger partial charge in [-0.2, -0.15) is 0 Å². The molecule has 0 saturated heterocycles. The molecule has 0 fully saturated rings. The van der Waals surface area contributed by atoms with Crippen molar-refractivity contribution in [2.45, 2.75) is 13.3 Å². The molecule has 0 aromatic carbocycles. The fraction of sp³-hybridized carbons (Fsp3) is 0.231. The van der Waals surface area contributed by atoms with E-state index < -0.39 is 0 Å². The Morgan fingerprint density at radius 2 is 2.39 bits per heavy atom. The van der Waals surface area contributed by atoms with E-state index in [-0.39, 0.29) is 5.91 Å². The summed E-state index contributed by atoms with van der Waals surface area (Å²) in [4.78, 5) is 17.7. The first-order chi connectivity index (χ1) is 8.63. The smallest absolute Gasteiger partial charge is 0.263 e. The van der Waals surface area contributed by atoms with Gasteiger partial charge in [0.05, 0.1) is 5.69 Å². The maximum Gasteiger partial charge on any atom is 0.263 e. The van der Waals surface area contributed by atoms with E-state index >= 15 is 0 Å². The lowest BCUT2D eigenvalue weighted by Gasteiger charge is -2.01. The number of amides is 1. The van der Waals surface area contributed by atoms with Gasteiger partial charge in [-0.3, -0.25) is 4.79 Å². The summed E-state index contributed by atoms with van der Waals surface area (Å²) < 4.78 is 0. The number of carbonyl (C=O) groups excluding carboxylic acids is 1. The molecule has 0 bridgehead atoms.